The van der Waals surface area contributed by atoms with Crippen LogP contribution in [0.1, 0.15) is 22.3 Å². The van der Waals surface area contributed by atoms with Crippen molar-refractivity contribution in [3.63, 3.8) is 0 Å². The van der Waals surface area contributed by atoms with Crippen LogP contribution in [0.25, 0.3) is 21.5 Å². The summed E-state index contributed by atoms with van der Waals surface area (Å²) in [5.41, 5.74) is 5.62. The standard InChI is InChI=1S/2C11H11.CH2.Ti/c2*1-8-7-10-5-3-4-6-11(10)9(8)2;;/h2*3-7H,1-2H3;1H2;/q2*-1;;+2. The summed E-state index contributed by atoms with van der Waals surface area (Å²) in [5, 5.41) is 5.51. The normalized spacial score (nSPS) is 10.1. The minimum absolute atomic E-state index is 1.36. The van der Waals surface area contributed by atoms with Crippen LogP contribution in [0.3, 0.4) is 0 Å². The van der Waals surface area contributed by atoms with Gasteiger partial charge in [0.2, 0.25) is 0 Å². The molecule has 24 heavy (non-hydrogen) atoms. The molecule has 0 unspecified atom stereocenters. The molecule has 0 aliphatic heterocycles. The monoisotopic (exact) mass is 348 g/mol. The molecule has 4 aromatic rings. The van der Waals surface area contributed by atoms with E-state index < -0.39 is 0 Å². The first-order valence-corrected chi connectivity index (χ1v) is 9.27. The van der Waals surface area contributed by atoms with Crippen LogP contribution in [-0.2, 0) is 20.0 Å². The van der Waals surface area contributed by atoms with E-state index in [-0.39, 0.29) is 0 Å². The van der Waals surface area contributed by atoms with E-state index in [0.29, 0.717) is 0 Å². The van der Waals surface area contributed by atoms with Gasteiger partial charge in [0.1, 0.15) is 0 Å². The summed E-state index contributed by atoms with van der Waals surface area (Å²) < 4.78 is 0. The summed E-state index contributed by atoms with van der Waals surface area (Å²) in [7, 11) is 0. The molecule has 4 aromatic carbocycles. The summed E-state index contributed by atoms with van der Waals surface area (Å²) >= 11 is 1.75. The molecule has 0 saturated heterocycles. The first-order chi connectivity index (χ1) is 11.6. The Morgan fingerprint density at radius 1 is 0.625 bits per heavy atom. The Bertz CT molecular complexity index is 859. The van der Waals surface area contributed by atoms with Crippen molar-refractivity contribution in [3.8, 4) is 0 Å². The van der Waals surface area contributed by atoms with E-state index in [1.807, 2.05) is 0 Å². The summed E-state index contributed by atoms with van der Waals surface area (Å²) in [6.07, 6.45) is 0. The molecule has 0 nitrogen and oxygen atoms in total. The average Bonchev–Trinajstić information content (AvgIpc) is 3.07. The van der Waals surface area contributed by atoms with Crippen LogP contribution in [0.5, 0.6) is 0 Å². The maximum absolute atomic E-state index is 3.25. The van der Waals surface area contributed by atoms with Crippen LogP contribution >= 0.6 is 0 Å². The third-order valence-corrected chi connectivity index (χ3v) is 4.66. The molecule has 0 radical (unpaired) electrons. The van der Waals surface area contributed by atoms with Crippen molar-refractivity contribution in [2.24, 2.45) is 0 Å². The van der Waals surface area contributed by atoms with Crippen molar-refractivity contribution in [3.05, 3.63) is 82.9 Å². The van der Waals surface area contributed by atoms with Gasteiger partial charge in [-0.1, -0.05) is 39.8 Å². The SMILES string of the molecule is Cc1[cH-]c2ccccc2c1C.Cc1[cH-]c2ccccc2c1C.[CH2]=[Ti+2]. The first-order valence-electron chi connectivity index (χ1n) is 8.16. The van der Waals surface area contributed by atoms with E-state index in [0.717, 1.165) is 0 Å². The fourth-order valence-corrected chi connectivity index (χ4v) is 3.04. The molecule has 0 fully saturated rings. The second kappa shape index (κ2) is 8.37. The fourth-order valence-electron chi connectivity index (χ4n) is 3.04. The van der Waals surface area contributed by atoms with Gasteiger partial charge in [-0.05, 0) is 0 Å². The molecule has 1 heteroatoms. The van der Waals surface area contributed by atoms with Crippen LogP contribution in [0.15, 0.2) is 60.7 Å². The van der Waals surface area contributed by atoms with E-state index in [4.69, 9.17) is 0 Å². The van der Waals surface area contributed by atoms with Gasteiger partial charge in [0.25, 0.3) is 0 Å². The zero-order valence-corrected chi connectivity index (χ0v) is 16.5. The first kappa shape index (κ1) is 18.6. The molecule has 0 N–H and O–H groups in total. The van der Waals surface area contributed by atoms with E-state index in [9.17, 15) is 0 Å². The molecule has 0 atom stereocenters. The van der Waals surface area contributed by atoms with Gasteiger partial charge in [-0.15, -0.1) is 81.2 Å². The second-order valence-corrected chi connectivity index (χ2v) is 6.08. The quantitative estimate of drug-likeness (QED) is 0.258. The molecular formula is C23H24Ti. The number of aryl methyl sites for hydroxylation is 4. The number of fused-ring (bicyclic) bond motifs is 2. The molecule has 120 valence electrons. The molecule has 0 heterocycles. The van der Waals surface area contributed by atoms with Gasteiger partial charge < -0.3 is 0 Å². The Balaban J connectivity index is 0.000000158. The van der Waals surface area contributed by atoms with Crippen molar-refractivity contribution < 1.29 is 20.0 Å². The van der Waals surface area contributed by atoms with Gasteiger partial charge in [0.05, 0.1) is 0 Å². The summed E-state index contributed by atoms with van der Waals surface area (Å²) in [6, 6.07) is 21.5. The number of hydrogen-bond donors (Lipinski definition) is 0. The van der Waals surface area contributed by atoms with Crippen LogP contribution < -0.4 is 0 Å². The van der Waals surface area contributed by atoms with Gasteiger partial charge in [0, 0.05) is 0 Å². The van der Waals surface area contributed by atoms with Gasteiger partial charge in [-0.25, -0.2) is 0 Å². The second-order valence-electron chi connectivity index (χ2n) is 6.08. The van der Waals surface area contributed by atoms with Crippen molar-refractivity contribution in [1.29, 1.82) is 0 Å². The maximum atomic E-state index is 3.25. The van der Waals surface area contributed by atoms with Crippen LogP contribution in [0.4, 0.5) is 0 Å². The van der Waals surface area contributed by atoms with Gasteiger partial charge in [-0.3, -0.25) is 0 Å². The molecular weight excluding hydrogens is 324 g/mol. The Labute approximate surface area is 156 Å². The third-order valence-electron chi connectivity index (χ3n) is 4.66. The Kier molecular flexibility index (Phi) is 6.48. The van der Waals surface area contributed by atoms with Gasteiger partial charge >= 0.3 is 24.8 Å². The molecule has 0 amide bonds. The Morgan fingerprint density at radius 3 is 1.29 bits per heavy atom. The van der Waals surface area contributed by atoms with E-state index in [2.05, 4.69) is 93.2 Å². The van der Waals surface area contributed by atoms with Crippen LogP contribution in [0.2, 0.25) is 0 Å². The molecule has 4 rings (SSSR count). The van der Waals surface area contributed by atoms with Crippen LogP contribution in [-0.4, -0.2) is 4.82 Å². The summed E-state index contributed by atoms with van der Waals surface area (Å²) in [5.74, 6) is 0. The topological polar surface area (TPSA) is 0 Å². The van der Waals surface area contributed by atoms with Crippen molar-refractivity contribution >= 4 is 26.4 Å². The van der Waals surface area contributed by atoms with Gasteiger partial charge in [0.15, 0.2) is 0 Å². The molecule has 0 aliphatic rings. The van der Waals surface area contributed by atoms with Gasteiger partial charge in [-0.2, -0.15) is 11.1 Å². The predicted molar refractivity (Wildman–Crippen MR) is 105 cm³/mol. The van der Waals surface area contributed by atoms with E-state index >= 15 is 0 Å². The summed E-state index contributed by atoms with van der Waals surface area (Å²) in [6.45, 7) is 8.68. The Morgan fingerprint density at radius 2 is 0.958 bits per heavy atom. The zero-order chi connectivity index (χ0) is 17.7. The predicted octanol–water partition coefficient (Wildman–Crippen LogP) is 6.32. The Hall–Kier alpha value is -1.76. The minimum atomic E-state index is 1.36. The van der Waals surface area contributed by atoms with Crippen molar-refractivity contribution in [2.45, 2.75) is 27.7 Å². The molecule has 0 saturated carbocycles. The molecule has 0 spiro atoms. The number of benzene rings is 2. The van der Waals surface area contributed by atoms with E-state index in [1.165, 1.54) is 43.8 Å². The number of rotatable bonds is 0. The van der Waals surface area contributed by atoms with Crippen molar-refractivity contribution in [2.75, 3.05) is 0 Å². The molecule has 0 aliphatic carbocycles. The molecule has 0 aromatic heterocycles. The van der Waals surface area contributed by atoms with E-state index in [1.54, 1.807) is 20.0 Å². The average molecular weight is 348 g/mol. The molecule has 0 bridgehead atoms. The number of hydrogen-bond acceptors (Lipinski definition) is 0. The fraction of sp³-hybridized carbons (Fsp3) is 0.174. The zero-order valence-electron chi connectivity index (χ0n) is 15.0. The van der Waals surface area contributed by atoms with Crippen molar-refractivity contribution in [1.82, 2.24) is 0 Å². The third kappa shape index (κ3) is 3.83. The summed E-state index contributed by atoms with van der Waals surface area (Å²) in [4.78, 5) is 3.25. The van der Waals surface area contributed by atoms with Crippen LogP contribution in [0, 0.1) is 27.7 Å².